The lowest BCUT2D eigenvalue weighted by Crippen LogP contribution is -2.29. The lowest BCUT2D eigenvalue weighted by atomic mass is 10.0. The molecule has 2 rings (SSSR count). The van der Waals surface area contributed by atoms with Crippen LogP contribution in [0.4, 0.5) is 0 Å². The SMILES string of the molecule is COc1ccc(C(NN)c2ccccc2)nn1. The second-order valence-corrected chi connectivity index (χ2v) is 3.51. The van der Waals surface area contributed by atoms with Crippen molar-refractivity contribution in [2.45, 2.75) is 6.04 Å². The number of hydrogen-bond acceptors (Lipinski definition) is 5. The van der Waals surface area contributed by atoms with Gasteiger partial charge < -0.3 is 4.74 Å². The topological polar surface area (TPSA) is 73.1 Å². The van der Waals surface area contributed by atoms with Crippen molar-refractivity contribution in [2.75, 3.05) is 7.11 Å². The second-order valence-electron chi connectivity index (χ2n) is 3.51. The summed E-state index contributed by atoms with van der Waals surface area (Å²) in [6.45, 7) is 0. The molecule has 0 spiro atoms. The van der Waals surface area contributed by atoms with E-state index in [4.69, 9.17) is 10.6 Å². The van der Waals surface area contributed by atoms with Crippen LogP contribution in [0.5, 0.6) is 5.88 Å². The molecule has 0 amide bonds. The van der Waals surface area contributed by atoms with Gasteiger partial charge in [-0.3, -0.25) is 5.84 Å². The van der Waals surface area contributed by atoms with Crippen LogP contribution >= 0.6 is 0 Å². The van der Waals surface area contributed by atoms with Gasteiger partial charge in [-0.1, -0.05) is 30.3 Å². The fourth-order valence-corrected chi connectivity index (χ4v) is 1.59. The van der Waals surface area contributed by atoms with Gasteiger partial charge in [0, 0.05) is 6.07 Å². The predicted molar refractivity (Wildman–Crippen MR) is 64.2 cm³/mol. The number of ether oxygens (including phenoxy) is 1. The van der Waals surface area contributed by atoms with E-state index in [0.717, 1.165) is 11.3 Å². The van der Waals surface area contributed by atoms with E-state index in [2.05, 4.69) is 15.6 Å². The average molecular weight is 230 g/mol. The molecule has 88 valence electrons. The van der Waals surface area contributed by atoms with E-state index in [9.17, 15) is 0 Å². The zero-order valence-electron chi connectivity index (χ0n) is 9.50. The first-order valence-electron chi connectivity index (χ1n) is 5.24. The van der Waals surface area contributed by atoms with Crippen molar-refractivity contribution in [3.63, 3.8) is 0 Å². The molecule has 3 N–H and O–H groups in total. The highest BCUT2D eigenvalue weighted by Gasteiger charge is 2.13. The van der Waals surface area contributed by atoms with Gasteiger partial charge in [0.25, 0.3) is 0 Å². The summed E-state index contributed by atoms with van der Waals surface area (Å²) in [4.78, 5) is 0. The Hall–Kier alpha value is -1.98. The Bertz CT molecular complexity index is 458. The number of methoxy groups -OCH3 is 1. The molecule has 1 heterocycles. The zero-order valence-corrected chi connectivity index (χ0v) is 9.50. The fraction of sp³-hybridized carbons (Fsp3) is 0.167. The number of rotatable bonds is 4. The van der Waals surface area contributed by atoms with Gasteiger partial charge in [-0.15, -0.1) is 10.2 Å². The normalized spacial score (nSPS) is 12.1. The van der Waals surface area contributed by atoms with E-state index in [1.165, 1.54) is 0 Å². The van der Waals surface area contributed by atoms with Crippen molar-refractivity contribution in [3.05, 3.63) is 53.7 Å². The van der Waals surface area contributed by atoms with E-state index >= 15 is 0 Å². The average Bonchev–Trinajstić information content (AvgIpc) is 2.42. The summed E-state index contributed by atoms with van der Waals surface area (Å²) in [7, 11) is 1.56. The number of benzene rings is 1. The third kappa shape index (κ3) is 2.58. The summed E-state index contributed by atoms with van der Waals surface area (Å²) in [5, 5.41) is 8.00. The molecule has 0 saturated carbocycles. The maximum Gasteiger partial charge on any atom is 0.233 e. The molecule has 0 saturated heterocycles. The van der Waals surface area contributed by atoms with Crippen LogP contribution in [0.2, 0.25) is 0 Å². The van der Waals surface area contributed by atoms with Crippen molar-refractivity contribution >= 4 is 0 Å². The molecule has 5 heteroatoms. The van der Waals surface area contributed by atoms with Crippen LogP contribution < -0.4 is 16.0 Å². The first-order valence-corrected chi connectivity index (χ1v) is 5.24. The Kier molecular flexibility index (Phi) is 3.64. The third-order valence-corrected chi connectivity index (χ3v) is 2.47. The molecular weight excluding hydrogens is 216 g/mol. The quantitative estimate of drug-likeness (QED) is 0.606. The Morgan fingerprint density at radius 3 is 2.41 bits per heavy atom. The minimum atomic E-state index is -0.172. The Balaban J connectivity index is 2.29. The van der Waals surface area contributed by atoms with Crippen LogP contribution in [0, 0.1) is 0 Å². The van der Waals surface area contributed by atoms with E-state index in [1.54, 1.807) is 13.2 Å². The molecule has 0 aliphatic carbocycles. The van der Waals surface area contributed by atoms with Crippen LogP contribution in [-0.2, 0) is 0 Å². The summed E-state index contributed by atoms with van der Waals surface area (Å²) in [6.07, 6.45) is 0. The third-order valence-electron chi connectivity index (χ3n) is 2.47. The summed E-state index contributed by atoms with van der Waals surface area (Å²) >= 11 is 0. The molecule has 1 aromatic heterocycles. The van der Waals surface area contributed by atoms with Gasteiger partial charge in [-0.2, -0.15) is 0 Å². The highest BCUT2D eigenvalue weighted by atomic mass is 16.5. The number of aromatic nitrogens is 2. The summed E-state index contributed by atoms with van der Waals surface area (Å²) < 4.78 is 4.96. The van der Waals surface area contributed by atoms with Crippen LogP contribution in [0.3, 0.4) is 0 Å². The molecule has 1 aromatic carbocycles. The molecule has 0 aliphatic heterocycles. The van der Waals surface area contributed by atoms with E-state index in [0.29, 0.717) is 5.88 Å². The van der Waals surface area contributed by atoms with E-state index < -0.39 is 0 Å². The number of hydrazine groups is 1. The van der Waals surface area contributed by atoms with Gasteiger partial charge in [-0.25, -0.2) is 5.43 Å². The molecule has 17 heavy (non-hydrogen) atoms. The first kappa shape index (κ1) is 11.5. The molecule has 0 aliphatic rings. The molecule has 0 fully saturated rings. The van der Waals surface area contributed by atoms with Crippen molar-refractivity contribution in [3.8, 4) is 5.88 Å². The van der Waals surface area contributed by atoms with E-state index in [-0.39, 0.29) is 6.04 Å². The maximum atomic E-state index is 5.56. The summed E-state index contributed by atoms with van der Waals surface area (Å²) in [6, 6.07) is 13.3. The van der Waals surface area contributed by atoms with Gasteiger partial charge in [0.1, 0.15) is 0 Å². The molecule has 5 nitrogen and oxygen atoms in total. The Morgan fingerprint density at radius 1 is 1.12 bits per heavy atom. The Morgan fingerprint density at radius 2 is 1.88 bits per heavy atom. The lowest BCUT2D eigenvalue weighted by Gasteiger charge is -2.15. The smallest absolute Gasteiger partial charge is 0.233 e. The minimum Gasteiger partial charge on any atom is -0.480 e. The molecule has 1 atom stereocenters. The fourth-order valence-electron chi connectivity index (χ4n) is 1.59. The van der Waals surface area contributed by atoms with Gasteiger partial charge in [0.05, 0.1) is 18.8 Å². The summed E-state index contributed by atoms with van der Waals surface area (Å²) in [5.41, 5.74) is 4.51. The first-order chi connectivity index (χ1) is 8.35. The van der Waals surface area contributed by atoms with Crippen LogP contribution in [0.1, 0.15) is 17.3 Å². The number of hydrogen-bond donors (Lipinski definition) is 2. The summed E-state index contributed by atoms with van der Waals surface area (Å²) in [5.74, 6) is 6.04. The van der Waals surface area contributed by atoms with Crippen molar-refractivity contribution in [1.29, 1.82) is 0 Å². The maximum absolute atomic E-state index is 5.56. The highest BCUT2D eigenvalue weighted by Crippen LogP contribution is 2.19. The second kappa shape index (κ2) is 5.38. The minimum absolute atomic E-state index is 0.172. The zero-order chi connectivity index (χ0) is 12.1. The van der Waals surface area contributed by atoms with Gasteiger partial charge in [0.2, 0.25) is 5.88 Å². The largest absolute Gasteiger partial charge is 0.480 e. The molecule has 0 bridgehead atoms. The van der Waals surface area contributed by atoms with Gasteiger partial charge >= 0.3 is 0 Å². The molecule has 1 unspecified atom stereocenters. The number of nitrogens with zero attached hydrogens (tertiary/aromatic N) is 2. The van der Waals surface area contributed by atoms with Gasteiger partial charge in [-0.05, 0) is 11.6 Å². The van der Waals surface area contributed by atoms with Gasteiger partial charge in [0.15, 0.2) is 0 Å². The molecule has 0 radical (unpaired) electrons. The van der Waals surface area contributed by atoms with Crippen molar-refractivity contribution in [2.24, 2.45) is 5.84 Å². The van der Waals surface area contributed by atoms with Crippen molar-refractivity contribution < 1.29 is 4.74 Å². The number of nitrogens with two attached hydrogens (primary N) is 1. The van der Waals surface area contributed by atoms with Crippen LogP contribution in [0.15, 0.2) is 42.5 Å². The lowest BCUT2D eigenvalue weighted by molar-refractivity contribution is 0.390. The van der Waals surface area contributed by atoms with Crippen LogP contribution in [0.25, 0.3) is 0 Å². The van der Waals surface area contributed by atoms with Crippen molar-refractivity contribution in [1.82, 2.24) is 15.6 Å². The van der Waals surface area contributed by atoms with E-state index in [1.807, 2.05) is 36.4 Å². The molecule has 2 aromatic rings. The highest BCUT2D eigenvalue weighted by molar-refractivity contribution is 5.27. The predicted octanol–water partition coefficient (Wildman–Crippen LogP) is 1.04. The Labute approximate surface area is 99.6 Å². The van der Waals surface area contributed by atoms with Crippen LogP contribution in [-0.4, -0.2) is 17.3 Å². The monoisotopic (exact) mass is 230 g/mol. The molecular formula is C12H14N4O. The standard InChI is InChI=1S/C12H14N4O/c1-17-11-8-7-10(15-16-11)12(14-13)9-5-3-2-4-6-9/h2-8,12,14H,13H2,1H3. The number of nitrogens with one attached hydrogen (secondary N) is 1.